The average Bonchev–Trinajstić information content (AvgIpc) is 3.08. The molecule has 2 aromatic carbocycles. The lowest BCUT2D eigenvalue weighted by Gasteiger charge is -2.18. The summed E-state index contributed by atoms with van der Waals surface area (Å²) in [5, 5.41) is 8.38. The highest BCUT2D eigenvalue weighted by atomic mass is 15.2. The zero-order valence-corrected chi connectivity index (χ0v) is 11.9. The summed E-state index contributed by atoms with van der Waals surface area (Å²) in [7, 11) is 0. The molecule has 0 fully saturated rings. The summed E-state index contributed by atoms with van der Waals surface area (Å²) in [5.41, 5.74) is 5.39. The normalized spacial score (nSPS) is 14.0. The van der Waals surface area contributed by atoms with Crippen LogP contribution in [0.4, 0.5) is 5.69 Å². The summed E-state index contributed by atoms with van der Waals surface area (Å²) < 4.78 is 2.13. The molecule has 0 saturated carbocycles. The lowest BCUT2D eigenvalue weighted by atomic mass is 10.1. The van der Waals surface area contributed by atoms with Crippen LogP contribution in [0.1, 0.15) is 18.1 Å². The molecule has 1 aliphatic rings. The van der Waals surface area contributed by atoms with E-state index < -0.39 is 0 Å². The van der Waals surface area contributed by atoms with E-state index in [1.54, 1.807) is 0 Å². The predicted molar refractivity (Wildman–Crippen MR) is 84.9 cm³/mol. The number of imidazole rings is 1. The molecule has 0 amide bonds. The van der Waals surface area contributed by atoms with Crippen molar-refractivity contribution in [2.24, 2.45) is 0 Å². The number of fused-ring (bicyclic) bond motifs is 2. The minimum atomic E-state index is 0.569. The Morgan fingerprint density at radius 2 is 2.05 bits per heavy atom. The van der Waals surface area contributed by atoms with E-state index in [1.807, 2.05) is 29.4 Å². The van der Waals surface area contributed by atoms with Crippen LogP contribution in [0.15, 0.2) is 48.8 Å². The van der Waals surface area contributed by atoms with E-state index in [9.17, 15) is 0 Å². The van der Waals surface area contributed by atoms with Gasteiger partial charge in [-0.05, 0) is 30.7 Å². The fourth-order valence-corrected chi connectivity index (χ4v) is 2.98. The Morgan fingerprint density at radius 3 is 2.86 bits per heavy atom. The van der Waals surface area contributed by atoms with Gasteiger partial charge >= 0.3 is 0 Å². The van der Waals surface area contributed by atoms with Gasteiger partial charge in [-0.3, -0.25) is 5.41 Å². The van der Waals surface area contributed by atoms with E-state index in [0.29, 0.717) is 5.84 Å². The van der Waals surface area contributed by atoms with Gasteiger partial charge < -0.3 is 9.47 Å². The van der Waals surface area contributed by atoms with E-state index in [2.05, 4.69) is 40.7 Å². The fraction of sp³-hybridized carbons (Fsp3) is 0.176. The van der Waals surface area contributed by atoms with Crippen LogP contribution < -0.4 is 4.90 Å². The molecule has 3 aromatic rings. The quantitative estimate of drug-likeness (QED) is 0.779. The predicted octanol–water partition coefficient (Wildman–Crippen LogP) is 3.40. The van der Waals surface area contributed by atoms with Gasteiger partial charge in [0.15, 0.2) is 0 Å². The Morgan fingerprint density at radius 1 is 1.19 bits per heavy atom. The van der Waals surface area contributed by atoms with Crippen LogP contribution >= 0.6 is 0 Å². The topological polar surface area (TPSA) is 44.9 Å². The van der Waals surface area contributed by atoms with Gasteiger partial charge in [-0.2, -0.15) is 0 Å². The van der Waals surface area contributed by atoms with Crippen LogP contribution in [-0.4, -0.2) is 15.4 Å². The molecule has 0 atom stereocenters. The lowest BCUT2D eigenvalue weighted by Crippen LogP contribution is -2.22. The maximum absolute atomic E-state index is 8.38. The van der Waals surface area contributed by atoms with Gasteiger partial charge in [-0.25, -0.2) is 4.98 Å². The van der Waals surface area contributed by atoms with E-state index >= 15 is 0 Å². The van der Waals surface area contributed by atoms with Crippen molar-refractivity contribution in [2.75, 3.05) is 4.90 Å². The molecule has 21 heavy (non-hydrogen) atoms. The smallest absolute Gasteiger partial charge is 0.133 e. The molecule has 1 N–H and O–H groups in total. The summed E-state index contributed by atoms with van der Waals surface area (Å²) >= 11 is 0. The molecule has 0 radical (unpaired) electrons. The average molecular weight is 276 g/mol. The zero-order valence-electron chi connectivity index (χ0n) is 11.9. The first-order valence-corrected chi connectivity index (χ1v) is 7.17. The lowest BCUT2D eigenvalue weighted by molar-refractivity contribution is 0.787. The first-order valence-electron chi connectivity index (χ1n) is 7.17. The van der Waals surface area contributed by atoms with Gasteiger partial charge in [0.2, 0.25) is 0 Å². The number of hydrogen-bond donors (Lipinski definition) is 1. The maximum atomic E-state index is 8.38. The number of nitrogens with zero attached hydrogens (tertiary/aromatic N) is 3. The Labute approximate surface area is 123 Å². The van der Waals surface area contributed by atoms with Crippen molar-refractivity contribution in [2.45, 2.75) is 20.0 Å². The number of amidine groups is 1. The highest BCUT2D eigenvalue weighted by Gasteiger charge is 2.25. The number of anilines is 1. The summed E-state index contributed by atoms with van der Waals surface area (Å²) in [6.07, 6.45) is 1.87. The minimum absolute atomic E-state index is 0.569. The Hall–Kier alpha value is -2.62. The number of hydrogen-bond acceptors (Lipinski definition) is 2. The summed E-state index contributed by atoms with van der Waals surface area (Å²) in [5.74, 6) is 0.569. The molecule has 0 bridgehead atoms. The Kier molecular flexibility index (Phi) is 2.57. The van der Waals surface area contributed by atoms with Crippen molar-refractivity contribution >= 4 is 22.6 Å². The summed E-state index contributed by atoms with van der Waals surface area (Å²) in [4.78, 5) is 6.50. The second-order valence-electron chi connectivity index (χ2n) is 5.30. The molecule has 4 rings (SSSR count). The molecule has 0 spiro atoms. The van der Waals surface area contributed by atoms with E-state index in [1.165, 1.54) is 5.56 Å². The number of aryl methyl sites for hydroxylation is 1. The molecule has 1 aromatic heterocycles. The van der Waals surface area contributed by atoms with E-state index in [0.717, 1.165) is 35.4 Å². The molecule has 4 nitrogen and oxygen atoms in total. The van der Waals surface area contributed by atoms with Gasteiger partial charge in [-0.15, -0.1) is 0 Å². The van der Waals surface area contributed by atoms with Crippen LogP contribution in [0.3, 0.4) is 0 Å². The first kappa shape index (κ1) is 12.1. The van der Waals surface area contributed by atoms with Gasteiger partial charge in [-0.1, -0.05) is 24.3 Å². The third-order valence-electron chi connectivity index (χ3n) is 4.13. The van der Waals surface area contributed by atoms with Crippen molar-refractivity contribution in [3.05, 3.63) is 59.9 Å². The van der Waals surface area contributed by atoms with Crippen molar-refractivity contribution < 1.29 is 0 Å². The molecule has 4 heteroatoms. The van der Waals surface area contributed by atoms with Crippen molar-refractivity contribution in [3.8, 4) is 0 Å². The second kappa shape index (κ2) is 4.45. The maximum Gasteiger partial charge on any atom is 0.133 e. The largest absolute Gasteiger partial charge is 0.331 e. The Bertz CT molecular complexity index is 847. The van der Waals surface area contributed by atoms with E-state index in [-0.39, 0.29) is 0 Å². The molecule has 2 heterocycles. The van der Waals surface area contributed by atoms with Gasteiger partial charge in [0.1, 0.15) is 5.84 Å². The number of benzene rings is 2. The summed E-state index contributed by atoms with van der Waals surface area (Å²) in [6.45, 7) is 3.79. The molecule has 0 unspecified atom stereocenters. The number of nitrogens with one attached hydrogen (secondary N) is 1. The van der Waals surface area contributed by atoms with Crippen molar-refractivity contribution in [1.29, 1.82) is 5.41 Å². The molecule has 0 aliphatic carbocycles. The first-order chi connectivity index (χ1) is 10.3. The van der Waals surface area contributed by atoms with Gasteiger partial charge in [0.25, 0.3) is 0 Å². The Balaban J connectivity index is 1.77. The second-order valence-corrected chi connectivity index (χ2v) is 5.30. The van der Waals surface area contributed by atoms with Crippen molar-refractivity contribution in [1.82, 2.24) is 9.55 Å². The van der Waals surface area contributed by atoms with Gasteiger partial charge in [0, 0.05) is 17.8 Å². The molecule has 104 valence electrons. The standard InChI is InChI=1S/C17H16N4/c1-2-20-11-19-15-9-13(7-8-16(15)20)21-10-12-5-3-4-6-14(12)17(21)18/h3-9,11,18H,2,10H2,1H3. The molecular formula is C17H16N4. The SMILES string of the molecule is CCn1cnc2cc(N3Cc4ccccc4C3=N)ccc21. The summed E-state index contributed by atoms with van der Waals surface area (Å²) in [6, 6.07) is 14.4. The highest BCUT2D eigenvalue weighted by molar-refractivity contribution is 6.12. The molecular weight excluding hydrogens is 260 g/mol. The van der Waals surface area contributed by atoms with Crippen LogP contribution in [-0.2, 0) is 13.1 Å². The molecule has 1 aliphatic heterocycles. The number of rotatable bonds is 2. The van der Waals surface area contributed by atoms with Crippen LogP contribution in [0.5, 0.6) is 0 Å². The zero-order chi connectivity index (χ0) is 14.4. The monoisotopic (exact) mass is 276 g/mol. The highest BCUT2D eigenvalue weighted by Crippen LogP contribution is 2.29. The third-order valence-corrected chi connectivity index (χ3v) is 4.13. The molecule has 0 saturated heterocycles. The van der Waals surface area contributed by atoms with Crippen LogP contribution in [0.25, 0.3) is 11.0 Å². The minimum Gasteiger partial charge on any atom is -0.331 e. The van der Waals surface area contributed by atoms with Crippen LogP contribution in [0.2, 0.25) is 0 Å². The van der Waals surface area contributed by atoms with Crippen LogP contribution in [0, 0.1) is 5.41 Å². The van der Waals surface area contributed by atoms with Crippen molar-refractivity contribution in [3.63, 3.8) is 0 Å². The number of aromatic nitrogens is 2. The third kappa shape index (κ3) is 1.76. The van der Waals surface area contributed by atoms with Gasteiger partial charge in [0.05, 0.1) is 23.9 Å². The fourth-order valence-electron chi connectivity index (χ4n) is 2.98. The van der Waals surface area contributed by atoms with E-state index in [4.69, 9.17) is 5.41 Å².